The number of carbonyl (C=O) groups is 1. The highest BCUT2D eigenvalue weighted by Crippen LogP contribution is 2.30. The monoisotopic (exact) mass is 416 g/mol. The van der Waals surface area contributed by atoms with Gasteiger partial charge in [0.25, 0.3) is 5.91 Å². The zero-order valence-corrected chi connectivity index (χ0v) is 18.0. The molecule has 31 heavy (non-hydrogen) atoms. The average Bonchev–Trinajstić information content (AvgIpc) is 3.27. The minimum Gasteiger partial charge on any atom is -0.355 e. The third kappa shape index (κ3) is 4.41. The largest absolute Gasteiger partial charge is 0.355 e. The number of aromatic nitrogens is 2. The number of amides is 1. The van der Waals surface area contributed by atoms with Gasteiger partial charge in [0.1, 0.15) is 5.69 Å². The van der Waals surface area contributed by atoms with Crippen molar-refractivity contribution >= 4 is 11.7 Å². The van der Waals surface area contributed by atoms with Gasteiger partial charge in [0, 0.05) is 38.2 Å². The van der Waals surface area contributed by atoms with Gasteiger partial charge >= 0.3 is 0 Å². The second kappa shape index (κ2) is 9.22. The normalized spacial score (nSPS) is 19.1. The summed E-state index contributed by atoms with van der Waals surface area (Å²) < 4.78 is 1.94. The highest BCUT2D eigenvalue weighted by molar-refractivity contribution is 5.94. The van der Waals surface area contributed by atoms with E-state index in [0.717, 1.165) is 56.6 Å². The fourth-order valence-electron chi connectivity index (χ4n) is 4.48. The third-order valence-electron chi connectivity index (χ3n) is 6.36. The number of rotatable bonds is 6. The van der Waals surface area contributed by atoms with Crippen LogP contribution in [0.15, 0.2) is 30.3 Å². The van der Waals surface area contributed by atoms with Crippen molar-refractivity contribution in [3.05, 3.63) is 47.2 Å². The predicted octanol–water partition coefficient (Wildman–Crippen LogP) is 3.88. The summed E-state index contributed by atoms with van der Waals surface area (Å²) in [6.45, 7) is 4.96. The lowest BCUT2D eigenvalue weighted by atomic mass is 9.99. The van der Waals surface area contributed by atoms with Gasteiger partial charge in [0.05, 0.1) is 23.7 Å². The van der Waals surface area contributed by atoms with Crippen molar-refractivity contribution in [2.24, 2.45) is 5.92 Å². The highest BCUT2D eigenvalue weighted by Gasteiger charge is 2.34. The van der Waals surface area contributed by atoms with Crippen LogP contribution in [0, 0.1) is 28.6 Å². The van der Waals surface area contributed by atoms with Crippen LogP contribution in [0.2, 0.25) is 0 Å². The van der Waals surface area contributed by atoms with Crippen LogP contribution in [-0.4, -0.2) is 40.2 Å². The molecule has 7 nitrogen and oxygen atoms in total. The van der Waals surface area contributed by atoms with Crippen molar-refractivity contribution in [1.82, 2.24) is 14.7 Å². The van der Waals surface area contributed by atoms with E-state index >= 15 is 0 Å². The number of carbonyl (C=O) groups excluding carboxylic acids is 1. The topological polar surface area (TPSA) is 88.9 Å². The summed E-state index contributed by atoms with van der Waals surface area (Å²) in [5.41, 5.74) is 2.30. The summed E-state index contributed by atoms with van der Waals surface area (Å²) in [4.78, 5) is 17.4. The lowest BCUT2D eigenvalue weighted by Gasteiger charge is -2.33. The minimum atomic E-state index is 0.00256. The number of anilines is 1. The Hall–Kier alpha value is -3.32. The first-order chi connectivity index (χ1) is 15.1. The number of piperidine rings is 1. The molecule has 0 spiro atoms. The molecule has 7 heteroatoms. The Bertz CT molecular complexity index is 1000. The first-order valence-electron chi connectivity index (χ1n) is 11.1. The van der Waals surface area contributed by atoms with Gasteiger partial charge in [-0.05, 0) is 37.0 Å². The molecule has 0 aliphatic carbocycles. The molecule has 1 aromatic heterocycles. The number of fused-ring (bicyclic) bond motifs is 1. The fraction of sp³-hybridized carbons (Fsp3) is 0.500. The summed E-state index contributed by atoms with van der Waals surface area (Å²) in [5, 5.41) is 23.0. The molecular weight excluding hydrogens is 388 g/mol. The molecule has 1 saturated heterocycles. The van der Waals surface area contributed by atoms with Crippen molar-refractivity contribution in [3.8, 4) is 12.1 Å². The van der Waals surface area contributed by atoms with E-state index in [0.29, 0.717) is 24.3 Å². The summed E-state index contributed by atoms with van der Waals surface area (Å²) in [5.74, 6) is 0.972. The number of nitrogens with zero attached hydrogens (tertiary/aromatic N) is 6. The van der Waals surface area contributed by atoms with Crippen LogP contribution in [0.5, 0.6) is 0 Å². The summed E-state index contributed by atoms with van der Waals surface area (Å²) in [6, 6.07) is 14.0. The van der Waals surface area contributed by atoms with E-state index in [1.54, 1.807) is 12.1 Å². The Morgan fingerprint density at radius 1 is 1.16 bits per heavy atom. The second-order valence-electron chi connectivity index (χ2n) is 8.51. The van der Waals surface area contributed by atoms with Gasteiger partial charge in [-0.2, -0.15) is 15.6 Å². The van der Waals surface area contributed by atoms with E-state index in [1.807, 2.05) is 27.8 Å². The molecule has 3 heterocycles. The van der Waals surface area contributed by atoms with Crippen molar-refractivity contribution in [2.45, 2.75) is 51.6 Å². The molecule has 0 N–H and O–H groups in total. The van der Waals surface area contributed by atoms with Crippen LogP contribution in [0.3, 0.4) is 0 Å². The van der Waals surface area contributed by atoms with Gasteiger partial charge in [0.2, 0.25) is 0 Å². The molecule has 0 radical (unpaired) electrons. The molecule has 1 aromatic carbocycles. The summed E-state index contributed by atoms with van der Waals surface area (Å²) >= 11 is 0. The van der Waals surface area contributed by atoms with Crippen molar-refractivity contribution in [3.63, 3.8) is 0 Å². The van der Waals surface area contributed by atoms with Crippen molar-refractivity contribution in [1.29, 1.82) is 10.5 Å². The first kappa shape index (κ1) is 20.9. The summed E-state index contributed by atoms with van der Waals surface area (Å²) in [7, 11) is 0. The first-order valence-corrected chi connectivity index (χ1v) is 11.1. The lowest BCUT2D eigenvalue weighted by molar-refractivity contribution is 0.0635. The Labute approximate surface area is 183 Å². The van der Waals surface area contributed by atoms with Crippen molar-refractivity contribution < 1.29 is 4.79 Å². The molecule has 1 unspecified atom stereocenters. The zero-order valence-electron chi connectivity index (χ0n) is 18.0. The van der Waals surface area contributed by atoms with Crippen LogP contribution in [0.4, 0.5) is 5.82 Å². The lowest BCUT2D eigenvalue weighted by Crippen LogP contribution is -2.42. The molecule has 160 valence electrons. The molecule has 1 fully saturated rings. The van der Waals surface area contributed by atoms with E-state index in [4.69, 9.17) is 15.6 Å². The van der Waals surface area contributed by atoms with E-state index in [1.165, 1.54) is 0 Å². The van der Waals surface area contributed by atoms with Crippen LogP contribution >= 0.6 is 0 Å². The predicted molar refractivity (Wildman–Crippen MR) is 117 cm³/mol. The maximum atomic E-state index is 13.3. The molecule has 1 amide bonds. The number of benzene rings is 1. The van der Waals surface area contributed by atoms with Crippen LogP contribution < -0.4 is 4.90 Å². The van der Waals surface area contributed by atoms with E-state index < -0.39 is 0 Å². The fourth-order valence-corrected chi connectivity index (χ4v) is 4.48. The van der Waals surface area contributed by atoms with Crippen LogP contribution in [-0.2, 0) is 6.54 Å². The second-order valence-corrected chi connectivity index (χ2v) is 8.51. The van der Waals surface area contributed by atoms with Crippen LogP contribution in [0.1, 0.15) is 66.7 Å². The number of unbranched alkanes of at least 4 members (excludes halogenated alkanes) is 1. The maximum Gasteiger partial charge on any atom is 0.272 e. The van der Waals surface area contributed by atoms with Gasteiger partial charge in [-0.3, -0.25) is 9.48 Å². The molecule has 2 aliphatic heterocycles. The van der Waals surface area contributed by atoms with Crippen LogP contribution in [0.25, 0.3) is 0 Å². The number of hydrogen-bond acceptors (Lipinski definition) is 5. The molecule has 2 aliphatic rings. The minimum absolute atomic E-state index is 0.00256. The quantitative estimate of drug-likeness (QED) is 0.713. The van der Waals surface area contributed by atoms with E-state index in [9.17, 15) is 4.79 Å². The Balaban J connectivity index is 1.56. The van der Waals surface area contributed by atoms with Gasteiger partial charge in [-0.15, -0.1) is 0 Å². The Kier molecular flexibility index (Phi) is 6.23. The zero-order chi connectivity index (χ0) is 21.8. The summed E-state index contributed by atoms with van der Waals surface area (Å²) in [6.07, 6.45) is 4.86. The number of hydrogen-bond donors (Lipinski definition) is 0. The Morgan fingerprint density at radius 3 is 2.55 bits per heavy atom. The molecule has 1 atom stereocenters. The van der Waals surface area contributed by atoms with E-state index in [-0.39, 0.29) is 17.9 Å². The van der Waals surface area contributed by atoms with Gasteiger partial charge in [-0.25, -0.2) is 0 Å². The van der Waals surface area contributed by atoms with Crippen molar-refractivity contribution in [2.75, 3.05) is 24.5 Å². The van der Waals surface area contributed by atoms with E-state index in [2.05, 4.69) is 24.0 Å². The molecular formula is C24H28N6O. The molecule has 0 saturated carbocycles. The molecule has 2 aromatic rings. The average molecular weight is 417 g/mol. The number of nitriles is 2. The maximum absolute atomic E-state index is 13.3. The molecule has 4 rings (SSSR count). The smallest absolute Gasteiger partial charge is 0.272 e. The van der Waals surface area contributed by atoms with Gasteiger partial charge < -0.3 is 9.80 Å². The molecule has 0 bridgehead atoms. The standard InChI is InChI=1S/C24H28N6O/c1-2-3-4-21-17-29(16-20-7-5-18(14-25)6-8-20)24(31)22-13-23(27-30(21)22)28-11-9-19(15-26)10-12-28/h5-8,13,19,21H,2-4,9-12,16-17H2,1H3. The Morgan fingerprint density at radius 2 is 1.90 bits per heavy atom. The SMILES string of the molecule is CCCCC1CN(Cc2ccc(C#N)cc2)C(=O)c2cc(N3CCC(C#N)CC3)nn21. The highest BCUT2D eigenvalue weighted by atomic mass is 16.2. The van der Waals surface area contributed by atoms with Gasteiger partial charge in [0.15, 0.2) is 5.82 Å². The van der Waals surface area contributed by atoms with Gasteiger partial charge in [-0.1, -0.05) is 31.9 Å². The third-order valence-corrected chi connectivity index (χ3v) is 6.36.